The van der Waals surface area contributed by atoms with Crippen LogP contribution in [0.15, 0.2) is 22.7 Å². The summed E-state index contributed by atoms with van der Waals surface area (Å²) >= 11 is 9.14. The van der Waals surface area contributed by atoms with Crippen molar-refractivity contribution in [2.75, 3.05) is 5.88 Å². The number of carbonyl (C=O) groups is 1. The van der Waals surface area contributed by atoms with Crippen LogP contribution in [0.25, 0.3) is 0 Å². The fourth-order valence-corrected chi connectivity index (χ4v) is 1.71. The number of aryl methyl sites for hydroxylation is 1. The number of alkyl halides is 1. The molecule has 0 bridgehead atoms. The summed E-state index contributed by atoms with van der Waals surface area (Å²) in [5, 5.41) is 2.89. The van der Waals surface area contributed by atoms with Crippen molar-refractivity contribution in [2.45, 2.75) is 26.3 Å². The van der Waals surface area contributed by atoms with Crippen LogP contribution in [-0.4, -0.2) is 17.3 Å². The van der Waals surface area contributed by atoms with E-state index in [-0.39, 0.29) is 5.91 Å². The molecule has 0 aliphatic carbocycles. The largest absolute Gasteiger partial charge is 0.346 e. The first-order chi connectivity index (χ1) is 7.35. The fraction of sp³-hybridized carbons (Fsp3) is 0.417. The zero-order valence-corrected chi connectivity index (χ0v) is 11.9. The summed E-state index contributed by atoms with van der Waals surface area (Å²) in [7, 11) is 0. The smallest absolute Gasteiger partial charge is 0.252 e. The predicted molar refractivity (Wildman–Crippen MR) is 71.1 cm³/mol. The Morgan fingerprint density at radius 3 is 2.69 bits per heavy atom. The van der Waals surface area contributed by atoms with Crippen LogP contribution in [0.4, 0.5) is 0 Å². The molecule has 0 atom stereocenters. The molecule has 0 aliphatic rings. The normalized spacial score (nSPS) is 11.3. The van der Waals surface area contributed by atoms with Crippen LogP contribution in [-0.2, 0) is 0 Å². The number of hydrogen-bond donors (Lipinski definition) is 1. The van der Waals surface area contributed by atoms with Gasteiger partial charge in [0.15, 0.2) is 0 Å². The number of amides is 1. The number of nitrogens with one attached hydrogen (secondary N) is 1. The van der Waals surface area contributed by atoms with E-state index in [1.165, 1.54) is 0 Å². The second kappa shape index (κ2) is 5.19. The average Bonchev–Trinajstić information content (AvgIpc) is 2.21. The third-order valence-corrected chi connectivity index (χ3v) is 3.51. The van der Waals surface area contributed by atoms with Crippen molar-refractivity contribution in [2.24, 2.45) is 0 Å². The zero-order valence-electron chi connectivity index (χ0n) is 9.60. The molecule has 0 unspecified atom stereocenters. The molecule has 0 saturated heterocycles. The second-order valence-corrected chi connectivity index (χ2v) is 5.58. The molecule has 0 fully saturated rings. The van der Waals surface area contributed by atoms with Crippen LogP contribution in [0, 0.1) is 6.92 Å². The summed E-state index contributed by atoms with van der Waals surface area (Å²) in [6.07, 6.45) is 0. The Balaban J connectivity index is 2.93. The monoisotopic (exact) mass is 303 g/mol. The molecule has 0 heterocycles. The van der Waals surface area contributed by atoms with Crippen LogP contribution in [0.2, 0.25) is 0 Å². The lowest BCUT2D eigenvalue weighted by molar-refractivity contribution is 0.0919. The van der Waals surface area contributed by atoms with E-state index in [4.69, 9.17) is 11.6 Å². The quantitative estimate of drug-likeness (QED) is 0.851. The molecule has 1 aromatic carbocycles. The number of rotatable bonds is 3. The summed E-state index contributed by atoms with van der Waals surface area (Å²) in [6, 6.07) is 5.68. The molecular weight excluding hydrogens is 289 g/mol. The minimum absolute atomic E-state index is 0.110. The molecule has 0 aliphatic heterocycles. The van der Waals surface area contributed by atoms with Crippen molar-refractivity contribution in [1.29, 1.82) is 0 Å². The van der Waals surface area contributed by atoms with Gasteiger partial charge in [0.1, 0.15) is 0 Å². The number of halogens is 2. The average molecular weight is 305 g/mol. The van der Waals surface area contributed by atoms with E-state index in [1.807, 2.05) is 39.0 Å². The zero-order chi connectivity index (χ0) is 12.3. The van der Waals surface area contributed by atoms with Crippen LogP contribution in [0.3, 0.4) is 0 Å². The molecule has 2 nitrogen and oxygen atoms in total. The van der Waals surface area contributed by atoms with E-state index < -0.39 is 5.54 Å². The number of carbonyl (C=O) groups excluding carboxylic acids is 1. The van der Waals surface area contributed by atoms with Gasteiger partial charge in [-0.05, 0) is 48.8 Å². The Labute approximate surface area is 110 Å². The molecule has 0 radical (unpaired) electrons. The van der Waals surface area contributed by atoms with Gasteiger partial charge in [-0.3, -0.25) is 4.79 Å². The molecule has 88 valence electrons. The van der Waals surface area contributed by atoms with E-state index in [9.17, 15) is 4.79 Å². The van der Waals surface area contributed by atoms with Gasteiger partial charge in [-0.2, -0.15) is 0 Å². The summed E-state index contributed by atoms with van der Waals surface area (Å²) in [5.74, 6) is 0.267. The minimum atomic E-state index is -0.401. The van der Waals surface area contributed by atoms with Gasteiger partial charge in [-0.15, -0.1) is 11.6 Å². The molecule has 0 saturated carbocycles. The van der Waals surface area contributed by atoms with Gasteiger partial charge in [0.05, 0.1) is 5.56 Å². The Hall–Kier alpha value is -0.540. The van der Waals surface area contributed by atoms with Crippen molar-refractivity contribution in [3.63, 3.8) is 0 Å². The van der Waals surface area contributed by atoms with Crippen molar-refractivity contribution in [3.8, 4) is 0 Å². The number of benzene rings is 1. The third kappa shape index (κ3) is 3.49. The van der Waals surface area contributed by atoms with E-state index in [0.717, 1.165) is 10.0 Å². The van der Waals surface area contributed by atoms with Gasteiger partial charge >= 0.3 is 0 Å². The van der Waals surface area contributed by atoms with Gasteiger partial charge in [0, 0.05) is 15.9 Å². The Morgan fingerprint density at radius 2 is 2.12 bits per heavy atom. The summed E-state index contributed by atoms with van der Waals surface area (Å²) < 4.78 is 0.793. The van der Waals surface area contributed by atoms with Crippen LogP contribution in [0.5, 0.6) is 0 Å². The molecule has 16 heavy (non-hydrogen) atoms. The summed E-state index contributed by atoms with van der Waals surface area (Å²) in [5.41, 5.74) is 1.29. The Kier molecular flexibility index (Phi) is 4.39. The molecule has 1 aromatic rings. The highest BCUT2D eigenvalue weighted by atomic mass is 79.9. The lowest BCUT2D eigenvalue weighted by Crippen LogP contribution is -2.45. The summed E-state index contributed by atoms with van der Waals surface area (Å²) in [6.45, 7) is 5.74. The minimum Gasteiger partial charge on any atom is -0.346 e. The van der Waals surface area contributed by atoms with Crippen LogP contribution >= 0.6 is 27.5 Å². The van der Waals surface area contributed by atoms with Gasteiger partial charge in [-0.1, -0.05) is 11.6 Å². The highest BCUT2D eigenvalue weighted by Crippen LogP contribution is 2.19. The van der Waals surface area contributed by atoms with Crippen molar-refractivity contribution in [3.05, 3.63) is 33.8 Å². The first kappa shape index (κ1) is 13.5. The van der Waals surface area contributed by atoms with E-state index >= 15 is 0 Å². The van der Waals surface area contributed by atoms with Gasteiger partial charge in [-0.25, -0.2) is 0 Å². The molecule has 0 spiro atoms. The SMILES string of the molecule is Cc1ccc(Br)c(C(=O)NC(C)(C)CCl)c1. The first-order valence-electron chi connectivity index (χ1n) is 5.00. The fourth-order valence-electron chi connectivity index (χ4n) is 1.22. The van der Waals surface area contributed by atoms with E-state index in [1.54, 1.807) is 0 Å². The maximum absolute atomic E-state index is 12.0. The van der Waals surface area contributed by atoms with Crippen molar-refractivity contribution in [1.82, 2.24) is 5.32 Å². The molecule has 1 N–H and O–H groups in total. The van der Waals surface area contributed by atoms with Crippen molar-refractivity contribution >= 4 is 33.4 Å². The van der Waals surface area contributed by atoms with Crippen molar-refractivity contribution < 1.29 is 4.79 Å². The Bertz CT molecular complexity index is 404. The maximum atomic E-state index is 12.0. The van der Waals surface area contributed by atoms with Gasteiger partial charge < -0.3 is 5.32 Å². The highest BCUT2D eigenvalue weighted by molar-refractivity contribution is 9.10. The second-order valence-electron chi connectivity index (χ2n) is 4.45. The molecule has 0 aromatic heterocycles. The molecule has 4 heteroatoms. The lowest BCUT2D eigenvalue weighted by Gasteiger charge is -2.23. The highest BCUT2D eigenvalue weighted by Gasteiger charge is 2.21. The first-order valence-corrected chi connectivity index (χ1v) is 6.33. The van der Waals surface area contributed by atoms with Gasteiger partial charge in [0.2, 0.25) is 0 Å². The molecular formula is C12H15BrClNO. The summed E-state index contributed by atoms with van der Waals surface area (Å²) in [4.78, 5) is 12.0. The number of hydrogen-bond acceptors (Lipinski definition) is 1. The van der Waals surface area contributed by atoms with E-state index in [0.29, 0.717) is 11.4 Å². The molecule has 1 amide bonds. The van der Waals surface area contributed by atoms with Crippen LogP contribution < -0.4 is 5.32 Å². The third-order valence-electron chi connectivity index (χ3n) is 2.15. The topological polar surface area (TPSA) is 29.1 Å². The standard InChI is InChI=1S/C12H15BrClNO/c1-8-4-5-10(13)9(6-8)11(16)15-12(2,3)7-14/h4-6H,7H2,1-3H3,(H,15,16). The lowest BCUT2D eigenvalue weighted by atomic mass is 10.1. The van der Waals surface area contributed by atoms with Crippen LogP contribution in [0.1, 0.15) is 29.8 Å². The van der Waals surface area contributed by atoms with E-state index in [2.05, 4.69) is 21.2 Å². The van der Waals surface area contributed by atoms with Gasteiger partial charge in [0.25, 0.3) is 5.91 Å². The maximum Gasteiger partial charge on any atom is 0.252 e. The Morgan fingerprint density at radius 1 is 1.50 bits per heavy atom. The molecule has 1 rings (SSSR count). The predicted octanol–water partition coefficient (Wildman–Crippen LogP) is 3.50.